The zero-order valence-electron chi connectivity index (χ0n) is 20.7. The second kappa shape index (κ2) is 14.0. The number of carboxylic acids is 1. The highest BCUT2D eigenvalue weighted by molar-refractivity contribution is 9.10. The van der Waals surface area contributed by atoms with Crippen LogP contribution < -0.4 is 11.1 Å². The van der Waals surface area contributed by atoms with E-state index in [2.05, 4.69) is 26.4 Å². The molecular formula is C27H35BrN4O4. The van der Waals surface area contributed by atoms with Gasteiger partial charge in [-0.05, 0) is 55.1 Å². The molecule has 1 fully saturated rings. The summed E-state index contributed by atoms with van der Waals surface area (Å²) in [6.45, 7) is 3.29. The first kappa shape index (κ1) is 27.7. The van der Waals surface area contributed by atoms with Crippen molar-refractivity contribution in [1.82, 2.24) is 10.2 Å². The largest absolute Gasteiger partial charge is 0.480 e. The Hall–Kier alpha value is -2.91. The molecule has 3 rings (SSSR count). The zero-order valence-corrected chi connectivity index (χ0v) is 22.3. The maximum atomic E-state index is 12.4. The van der Waals surface area contributed by atoms with E-state index < -0.39 is 5.97 Å². The van der Waals surface area contributed by atoms with Crippen molar-refractivity contribution in [2.75, 3.05) is 32.0 Å². The third-order valence-electron chi connectivity index (χ3n) is 6.38. The number of carbonyl (C=O) groups is 2. The number of nitrogens with two attached hydrogens (primary N) is 1. The Kier molecular flexibility index (Phi) is 10.8. The first-order valence-corrected chi connectivity index (χ1v) is 13.2. The Morgan fingerprint density at radius 2 is 1.92 bits per heavy atom. The molecule has 0 heterocycles. The molecule has 8 nitrogen and oxygen atoms in total. The molecule has 0 radical (unpaired) electrons. The lowest BCUT2D eigenvalue weighted by molar-refractivity contribution is -0.138. The summed E-state index contributed by atoms with van der Waals surface area (Å²) < 4.78 is 0.882. The van der Waals surface area contributed by atoms with Gasteiger partial charge in [0.2, 0.25) is 0 Å². The average molecular weight is 560 g/mol. The van der Waals surface area contributed by atoms with Crippen LogP contribution >= 0.6 is 15.9 Å². The number of benzene rings is 2. The van der Waals surface area contributed by atoms with Gasteiger partial charge in [0.05, 0.1) is 6.54 Å². The Bertz CT molecular complexity index is 1070. The van der Waals surface area contributed by atoms with E-state index in [1.807, 2.05) is 43.3 Å². The summed E-state index contributed by atoms with van der Waals surface area (Å²) in [5, 5.41) is 16.5. The van der Waals surface area contributed by atoms with Crippen molar-refractivity contribution in [2.24, 2.45) is 11.1 Å². The van der Waals surface area contributed by atoms with Gasteiger partial charge in [-0.3, -0.25) is 14.5 Å². The van der Waals surface area contributed by atoms with Crippen molar-refractivity contribution in [3.05, 3.63) is 63.6 Å². The molecule has 2 aromatic rings. The molecule has 9 heteroatoms. The molecule has 0 aromatic heterocycles. The number of nitrogens with one attached hydrogen (secondary N) is 1. The summed E-state index contributed by atoms with van der Waals surface area (Å²) in [6.07, 6.45) is 6.06. The molecule has 0 bridgehead atoms. The predicted octanol–water partition coefficient (Wildman–Crippen LogP) is 4.40. The lowest BCUT2D eigenvalue weighted by atomic mass is 9.89. The van der Waals surface area contributed by atoms with Crippen molar-refractivity contribution in [2.45, 2.75) is 45.6 Å². The molecule has 4 N–H and O–H groups in total. The molecule has 194 valence electrons. The van der Waals surface area contributed by atoms with Gasteiger partial charge >= 0.3 is 5.97 Å². The number of aliphatic carboxylic acids is 1. The van der Waals surface area contributed by atoms with E-state index in [1.165, 1.54) is 19.3 Å². The molecule has 0 unspecified atom stereocenters. The van der Waals surface area contributed by atoms with Crippen LogP contribution in [0.5, 0.6) is 0 Å². The molecule has 0 atom stereocenters. The van der Waals surface area contributed by atoms with Crippen molar-refractivity contribution in [3.8, 4) is 0 Å². The van der Waals surface area contributed by atoms with Crippen LogP contribution in [0, 0.1) is 5.92 Å². The molecular weight excluding hydrogens is 524 g/mol. The van der Waals surface area contributed by atoms with E-state index in [0.29, 0.717) is 37.0 Å². The van der Waals surface area contributed by atoms with E-state index in [9.17, 15) is 14.7 Å². The monoisotopic (exact) mass is 558 g/mol. The van der Waals surface area contributed by atoms with Gasteiger partial charge < -0.3 is 21.0 Å². The topological polar surface area (TPSA) is 117 Å². The number of nitrogens with zero attached hydrogens (tertiary/aromatic N) is 2. The number of amides is 1. The maximum absolute atomic E-state index is 12.4. The van der Waals surface area contributed by atoms with Crippen LogP contribution in [0.25, 0.3) is 0 Å². The average Bonchev–Trinajstić information content (AvgIpc) is 2.86. The molecule has 1 aliphatic carbocycles. The molecule has 0 spiro atoms. The number of rotatable bonds is 12. The summed E-state index contributed by atoms with van der Waals surface area (Å²) >= 11 is 3.50. The first-order valence-electron chi connectivity index (χ1n) is 12.4. The summed E-state index contributed by atoms with van der Waals surface area (Å²) in [6, 6.07) is 13.2. The van der Waals surface area contributed by atoms with Gasteiger partial charge in [0.15, 0.2) is 6.61 Å². The number of halogens is 1. The minimum atomic E-state index is -0.891. The summed E-state index contributed by atoms with van der Waals surface area (Å²) in [5.74, 6) is -0.540. The SMILES string of the molecule is CCN(CC(=O)O)Cc1cc(/C(=N\OCC(=O)NCC2CCCCC2)c2cccc(Br)c2)ccc1N. The summed E-state index contributed by atoms with van der Waals surface area (Å²) in [7, 11) is 0. The number of carbonyl (C=O) groups excluding carboxylic acids is 1. The van der Waals surface area contributed by atoms with Crippen LogP contribution in [0.15, 0.2) is 52.1 Å². The highest BCUT2D eigenvalue weighted by atomic mass is 79.9. The van der Waals surface area contributed by atoms with Gasteiger partial charge in [-0.2, -0.15) is 0 Å². The van der Waals surface area contributed by atoms with Crippen LogP contribution in [0.2, 0.25) is 0 Å². The minimum absolute atomic E-state index is 0.0776. The maximum Gasteiger partial charge on any atom is 0.317 e. The summed E-state index contributed by atoms with van der Waals surface area (Å²) in [5.41, 5.74) is 9.70. The number of hydrogen-bond acceptors (Lipinski definition) is 6. The van der Waals surface area contributed by atoms with Crippen LogP contribution in [0.1, 0.15) is 55.7 Å². The fourth-order valence-electron chi connectivity index (χ4n) is 4.37. The Morgan fingerprint density at radius 1 is 1.17 bits per heavy atom. The quantitative estimate of drug-likeness (QED) is 0.202. The van der Waals surface area contributed by atoms with Gasteiger partial charge in [0, 0.05) is 34.4 Å². The van der Waals surface area contributed by atoms with E-state index >= 15 is 0 Å². The number of likely N-dealkylation sites (N-methyl/N-ethyl adjacent to an activating group) is 1. The smallest absolute Gasteiger partial charge is 0.317 e. The lowest BCUT2D eigenvalue weighted by Gasteiger charge is -2.21. The van der Waals surface area contributed by atoms with Crippen LogP contribution in [0.4, 0.5) is 5.69 Å². The number of carboxylic acid groups (broad SMARTS) is 1. The molecule has 1 saturated carbocycles. The molecule has 2 aromatic carbocycles. The van der Waals surface area contributed by atoms with Crippen molar-refractivity contribution < 1.29 is 19.5 Å². The van der Waals surface area contributed by atoms with Crippen molar-refractivity contribution in [1.29, 1.82) is 0 Å². The Morgan fingerprint density at radius 3 is 2.61 bits per heavy atom. The fraction of sp³-hybridized carbons (Fsp3) is 0.444. The Labute approximate surface area is 221 Å². The predicted molar refractivity (Wildman–Crippen MR) is 145 cm³/mol. The van der Waals surface area contributed by atoms with Gasteiger partial charge in [0.1, 0.15) is 5.71 Å². The highest BCUT2D eigenvalue weighted by Gasteiger charge is 2.16. The second-order valence-corrected chi connectivity index (χ2v) is 10.1. The van der Waals surface area contributed by atoms with Crippen LogP contribution in [-0.4, -0.2) is 53.8 Å². The second-order valence-electron chi connectivity index (χ2n) is 9.14. The molecule has 1 amide bonds. The third kappa shape index (κ3) is 8.64. The molecule has 1 aliphatic rings. The normalized spacial score (nSPS) is 14.6. The van der Waals surface area contributed by atoms with Gasteiger partial charge in [0.25, 0.3) is 5.91 Å². The van der Waals surface area contributed by atoms with E-state index in [4.69, 9.17) is 10.6 Å². The van der Waals surface area contributed by atoms with Crippen molar-refractivity contribution in [3.63, 3.8) is 0 Å². The summed E-state index contributed by atoms with van der Waals surface area (Å²) in [4.78, 5) is 30.9. The van der Waals surface area contributed by atoms with Gasteiger partial charge in [-0.1, -0.05) is 65.5 Å². The zero-order chi connectivity index (χ0) is 25.9. The standard InChI is InChI=1S/C27H35BrN4O4/c1-2-32(17-26(34)35)16-22-13-21(11-12-24(22)29)27(20-9-6-10-23(28)14-20)31-36-18-25(33)30-15-19-7-4-3-5-8-19/h6,9-14,19H,2-5,7-8,15-18,29H2,1H3,(H,30,33)(H,34,35)/b31-27-. The van der Waals surface area contributed by atoms with Crippen molar-refractivity contribution >= 4 is 39.2 Å². The number of anilines is 1. The lowest BCUT2D eigenvalue weighted by Crippen LogP contribution is -2.32. The number of hydrogen-bond donors (Lipinski definition) is 3. The van der Waals surface area contributed by atoms with Crippen LogP contribution in [0.3, 0.4) is 0 Å². The van der Waals surface area contributed by atoms with E-state index in [1.54, 1.807) is 11.0 Å². The van der Waals surface area contributed by atoms with Gasteiger partial charge in [-0.25, -0.2) is 0 Å². The first-order chi connectivity index (χ1) is 17.4. The fourth-order valence-corrected chi connectivity index (χ4v) is 4.76. The Balaban J connectivity index is 1.76. The third-order valence-corrected chi connectivity index (χ3v) is 6.87. The van der Waals surface area contributed by atoms with E-state index in [-0.39, 0.29) is 19.1 Å². The minimum Gasteiger partial charge on any atom is -0.480 e. The number of nitrogen functional groups attached to an aromatic ring is 1. The molecule has 0 aliphatic heterocycles. The van der Waals surface area contributed by atoms with Gasteiger partial charge in [-0.15, -0.1) is 0 Å². The highest BCUT2D eigenvalue weighted by Crippen LogP contribution is 2.23. The molecule has 36 heavy (non-hydrogen) atoms. The van der Waals surface area contributed by atoms with Crippen LogP contribution in [-0.2, 0) is 21.0 Å². The van der Waals surface area contributed by atoms with E-state index in [0.717, 1.165) is 34.0 Å². The number of oxime groups is 1. The molecule has 0 saturated heterocycles.